The van der Waals surface area contributed by atoms with E-state index in [0.29, 0.717) is 22.8 Å². The van der Waals surface area contributed by atoms with Crippen LogP contribution in [0.3, 0.4) is 0 Å². The lowest BCUT2D eigenvalue weighted by Gasteiger charge is -2.06. The molecule has 0 aliphatic rings. The van der Waals surface area contributed by atoms with Crippen molar-refractivity contribution in [2.75, 3.05) is 18.2 Å². The van der Waals surface area contributed by atoms with E-state index in [0.717, 1.165) is 0 Å². The molecule has 2 rings (SSSR count). The van der Waals surface area contributed by atoms with Crippen LogP contribution in [-0.4, -0.2) is 18.2 Å². The summed E-state index contributed by atoms with van der Waals surface area (Å²) in [6, 6.07) is 6.32. The maximum absolute atomic E-state index is 11.8. The highest BCUT2D eigenvalue weighted by molar-refractivity contribution is 6.04. The first-order valence-corrected chi connectivity index (χ1v) is 4.86. The Morgan fingerprint density at radius 3 is 2.94 bits per heavy atom. The molecule has 3 N–H and O–H groups in total. The van der Waals surface area contributed by atoms with E-state index in [9.17, 15) is 4.79 Å². The number of carbonyl (C=O) groups excluding carboxylic acids is 1. The molecule has 0 atom stereocenters. The molecule has 0 bridgehead atoms. The number of nitrogen functional groups attached to an aromatic ring is 1. The van der Waals surface area contributed by atoms with Crippen LogP contribution in [-0.2, 0) is 0 Å². The molecule has 0 aliphatic heterocycles. The van der Waals surface area contributed by atoms with Crippen molar-refractivity contribution in [1.82, 2.24) is 5.16 Å². The molecule has 1 aromatic carbocycles. The van der Waals surface area contributed by atoms with E-state index >= 15 is 0 Å². The Hall–Kier alpha value is -2.50. The van der Waals surface area contributed by atoms with E-state index in [1.54, 1.807) is 24.3 Å². The van der Waals surface area contributed by atoms with Gasteiger partial charge in [-0.25, -0.2) is 0 Å². The molecule has 0 spiro atoms. The van der Waals surface area contributed by atoms with Gasteiger partial charge in [-0.2, -0.15) is 0 Å². The van der Waals surface area contributed by atoms with Crippen molar-refractivity contribution in [1.29, 1.82) is 0 Å². The number of hydrogen-bond donors (Lipinski definition) is 2. The number of aromatic nitrogens is 1. The lowest BCUT2D eigenvalue weighted by Crippen LogP contribution is -2.12. The van der Waals surface area contributed by atoms with E-state index in [-0.39, 0.29) is 5.91 Å². The molecule has 0 unspecified atom stereocenters. The predicted molar refractivity (Wildman–Crippen MR) is 61.9 cm³/mol. The maximum Gasteiger partial charge on any atom is 0.257 e. The van der Waals surface area contributed by atoms with E-state index in [1.165, 1.54) is 13.4 Å². The molecule has 88 valence electrons. The summed E-state index contributed by atoms with van der Waals surface area (Å²) in [5, 5.41) is 6.15. The van der Waals surface area contributed by atoms with E-state index in [2.05, 4.69) is 15.0 Å². The van der Waals surface area contributed by atoms with Crippen LogP contribution in [0.2, 0.25) is 0 Å². The third-order valence-corrected chi connectivity index (χ3v) is 2.18. The third kappa shape index (κ3) is 2.36. The molecule has 1 aromatic heterocycles. The zero-order valence-corrected chi connectivity index (χ0v) is 9.14. The smallest absolute Gasteiger partial charge is 0.257 e. The number of nitrogens with two attached hydrogens (primary N) is 1. The largest absolute Gasteiger partial charge is 0.495 e. The summed E-state index contributed by atoms with van der Waals surface area (Å²) in [6.07, 6.45) is 1.37. The first-order valence-electron chi connectivity index (χ1n) is 4.86. The lowest BCUT2D eigenvalue weighted by molar-refractivity contribution is 0.102. The second-order valence-electron chi connectivity index (χ2n) is 3.30. The van der Waals surface area contributed by atoms with Gasteiger partial charge in [-0.3, -0.25) is 4.79 Å². The van der Waals surface area contributed by atoms with E-state index < -0.39 is 0 Å². The van der Waals surface area contributed by atoms with Crippen molar-refractivity contribution in [3.63, 3.8) is 0 Å². The number of hydrogen-bond acceptors (Lipinski definition) is 5. The molecular weight excluding hydrogens is 222 g/mol. The average Bonchev–Trinajstić information content (AvgIpc) is 2.82. The molecule has 0 saturated heterocycles. The molecule has 0 aliphatic carbocycles. The van der Waals surface area contributed by atoms with Crippen LogP contribution in [0.15, 0.2) is 35.1 Å². The maximum atomic E-state index is 11.8. The number of nitrogens with zero attached hydrogens (tertiary/aromatic N) is 1. The van der Waals surface area contributed by atoms with Crippen molar-refractivity contribution >= 4 is 17.4 Å². The summed E-state index contributed by atoms with van der Waals surface area (Å²) in [4.78, 5) is 11.8. The Kier molecular flexibility index (Phi) is 2.95. The van der Waals surface area contributed by atoms with Gasteiger partial charge in [0.2, 0.25) is 0 Å². The van der Waals surface area contributed by atoms with Gasteiger partial charge in [-0.1, -0.05) is 5.16 Å². The normalized spacial score (nSPS) is 9.94. The zero-order chi connectivity index (χ0) is 12.3. The van der Waals surface area contributed by atoms with E-state index in [1.807, 2.05) is 0 Å². The van der Waals surface area contributed by atoms with Gasteiger partial charge in [0.05, 0.1) is 12.8 Å². The van der Waals surface area contributed by atoms with Gasteiger partial charge >= 0.3 is 0 Å². The molecule has 2 aromatic rings. The predicted octanol–water partition coefficient (Wildman–Crippen LogP) is 1.52. The Morgan fingerprint density at radius 1 is 1.47 bits per heavy atom. The first-order chi connectivity index (χ1) is 8.20. The fourth-order valence-corrected chi connectivity index (χ4v) is 1.32. The summed E-state index contributed by atoms with van der Waals surface area (Å²) < 4.78 is 9.64. The average molecular weight is 233 g/mol. The highest BCUT2D eigenvalue weighted by Gasteiger charge is 2.10. The molecule has 1 heterocycles. The van der Waals surface area contributed by atoms with Gasteiger partial charge in [-0.05, 0) is 18.2 Å². The fraction of sp³-hybridized carbons (Fsp3) is 0.0909. The molecule has 0 fully saturated rings. The number of nitrogens with one attached hydrogen (secondary N) is 1. The van der Waals surface area contributed by atoms with Crippen LogP contribution in [0.25, 0.3) is 0 Å². The molecule has 17 heavy (non-hydrogen) atoms. The highest BCUT2D eigenvalue weighted by atomic mass is 16.5. The summed E-state index contributed by atoms with van der Waals surface area (Å²) in [5.41, 5.74) is 6.56. The molecule has 0 saturated carbocycles. The summed E-state index contributed by atoms with van der Waals surface area (Å²) in [5.74, 6) is 0.501. The number of amides is 1. The van der Waals surface area contributed by atoms with Crippen molar-refractivity contribution < 1.29 is 14.1 Å². The van der Waals surface area contributed by atoms with Crippen LogP contribution in [0.4, 0.5) is 11.5 Å². The minimum atomic E-state index is -0.308. The zero-order valence-electron chi connectivity index (χ0n) is 9.14. The van der Waals surface area contributed by atoms with Crippen molar-refractivity contribution in [2.45, 2.75) is 0 Å². The number of carbonyl (C=O) groups is 1. The van der Waals surface area contributed by atoms with Gasteiger partial charge in [0.15, 0.2) is 5.82 Å². The van der Waals surface area contributed by atoms with Gasteiger partial charge in [0.25, 0.3) is 5.91 Å². The number of methoxy groups -OCH3 is 1. The second kappa shape index (κ2) is 4.56. The Balaban J connectivity index is 2.19. The van der Waals surface area contributed by atoms with Gasteiger partial charge in [0.1, 0.15) is 12.0 Å². The van der Waals surface area contributed by atoms with Gasteiger partial charge in [-0.15, -0.1) is 0 Å². The summed E-state index contributed by atoms with van der Waals surface area (Å²) >= 11 is 0. The molecule has 0 radical (unpaired) electrons. The summed E-state index contributed by atoms with van der Waals surface area (Å²) in [7, 11) is 1.49. The quantitative estimate of drug-likeness (QED) is 0.784. The Labute approximate surface area is 97.3 Å². The van der Waals surface area contributed by atoms with Crippen LogP contribution in [0.5, 0.6) is 5.75 Å². The van der Waals surface area contributed by atoms with Crippen LogP contribution in [0.1, 0.15) is 10.4 Å². The fourth-order valence-electron chi connectivity index (χ4n) is 1.32. The van der Waals surface area contributed by atoms with Crippen molar-refractivity contribution in [2.24, 2.45) is 0 Å². The first kappa shape index (κ1) is 11.0. The highest BCUT2D eigenvalue weighted by Crippen LogP contribution is 2.22. The van der Waals surface area contributed by atoms with Crippen molar-refractivity contribution in [3.8, 4) is 5.75 Å². The minimum Gasteiger partial charge on any atom is -0.495 e. The number of anilines is 2. The number of rotatable bonds is 3. The van der Waals surface area contributed by atoms with Crippen molar-refractivity contribution in [3.05, 3.63) is 36.1 Å². The van der Waals surface area contributed by atoms with Crippen LogP contribution < -0.4 is 15.8 Å². The topological polar surface area (TPSA) is 90.4 Å². The minimum absolute atomic E-state index is 0.308. The van der Waals surface area contributed by atoms with Gasteiger partial charge in [0, 0.05) is 11.6 Å². The Bertz CT molecular complexity index is 523. The molecule has 6 heteroatoms. The lowest BCUT2D eigenvalue weighted by atomic mass is 10.2. The summed E-state index contributed by atoms with van der Waals surface area (Å²) in [6.45, 7) is 0. The molecule has 1 amide bonds. The monoisotopic (exact) mass is 233 g/mol. The molecular formula is C11H11N3O3. The number of ether oxygens (including phenoxy) is 1. The van der Waals surface area contributed by atoms with Gasteiger partial charge < -0.3 is 20.3 Å². The second-order valence-corrected chi connectivity index (χ2v) is 3.30. The van der Waals surface area contributed by atoms with Crippen LogP contribution >= 0.6 is 0 Å². The Morgan fingerprint density at radius 2 is 2.29 bits per heavy atom. The number of benzene rings is 1. The van der Waals surface area contributed by atoms with E-state index in [4.69, 9.17) is 10.5 Å². The third-order valence-electron chi connectivity index (χ3n) is 2.18. The van der Waals surface area contributed by atoms with Crippen LogP contribution in [0, 0.1) is 0 Å². The molecule has 6 nitrogen and oxygen atoms in total. The SMILES string of the molecule is COc1cc(C(=O)Nc2ccon2)ccc1N. The standard InChI is InChI=1S/C11H11N3O3/c1-16-9-6-7(2-3-8(9)12)11(15)13-10-4-5-17-14-10/h2-6H,12H2,1H3,(H,13,14,15).